The third-order valence-electron chi connectivity index (χ3n) is 13.0. The van der Waals surface area contributed by atoms with Crippen LogP contribution < -0.4 is 10.2 Å². The van der Waals surface area contributed by atoms with E-state index in [-0.39, 0.29) is 19.1 Å². The maximum Gasteiger partial charge on any atom is 0.268 e. The minimum atomic E-state index is -4.60. The smallest absolute Gasteiger partial charge is 0.268 e. The number of rotatable bonds is 53. The van der Waals surface area contributed by atoms with Crippen LogP contribution in [0.4, 0.5) is 0 Å². The van der Waals surface area contributed by atoms with Crippen molar-refractivity contribution in [2.24, 2.45) is 0 Å². The highest BCUT2D eigenvalue weighted by Crippen LogP contribution is 2.38. The minimum absolute atomic E-state index is 0.00568. The molecule has 0 aromatic carbocycles. The molecule has 400 valence electrons. The highest BCUT2D eigenvalue weighted by Gasteiger charge is 2.23. The van der Waals surface area contributed by atoms with E-state index in [1.807, 2.05) is 27.2 Å². The lowest BCUT2D eigenvalue weighted by molar-refractivity contribution is -0.870. The number of phosphoric ester groups is 1. The molecule has 0 rings (SSSR count). The van der Waals surface area contributed by atoms with E-state index >= 15 is 0 Å². The van der Waals surface area contributed by atoms with Crippen LogP contribution >= 0.6 is 7.82 Å². The maximum absolute atomic E-state index is 12.9. The molecule has 0 aromatic rings. The fourth-order valence-corrected chi connectivity index (χ4v) is 9.25. The number of nitrogens with zero attached hydrogens (tertiary/aromatic N) is 1. The summed E-state index contributed by atoms with van der Waals surface area (Å²) in [4.78, 5) is 25.4. The number of nitrogens with one attached hydrogen (secondary N) is 1. The van der Waals surface area contributed by atoms with Crippen LogP contribution in [0.5, 0.6) is 0 Å². The zero-order valence-electron chi connectivity index (χ0n) is 45.6. The van der Waals surface area contributed by atoms with E-state index in [1.165, 1.54) is 173 Å². The fourth-order valence-electron chi connectivity index (χ4n) is 8.52. The van der Waals surface area contributed by atoms with Gasteiger partial charge in [-0.3, -0.25) is 9.36 Å². The normalized spacial score (nSPS) is 14.3. The molecule has 68 heavy (non-hydrogen) atoms. The summed E-state index contributed by atoms with van der Waals surface area (Å²) in [7, 11) is 1.25. The molecular weight excluding hydrogens is 864 g/mol. The van der Waals surface area contributed by atoms with Crippen molar-refractivity contribution < 1.29 is 32.9 Å². The van der Waals surface area contributed by atoms with E-state index in [4.69, 9.17) is 9.05 Å². The number of carbonyl (C=O) groups is 1. The number of aliphatic hydroxyl groups excluding tert-OH is 1. The Morgan fingerprint density at radius 1 is 0.529 bits per heavy atom. The van der Waals surface area contributed by atoms with Gasteiger partial charge >= 0.3 is 0 Å². The number of phosphoric acid groups is 1. The van der Waals surface area contributed by atoms with Gasteiger partial charge in [0.25, 0.3) is 7.82 Å². The van der Waals surface area contributed by atoms with Gasteiger partial charge < -0.3 is 28.8 Å². The van der Waals surface area contributed by atoms with Crippen molar-refractivity contribution in [3.63, 3.8) is 0 Å². The van der Waals surface area contributed by atoms with Gasteiger partial charge in [-0.15, -0.1) is 0 Å². The number of hydrogen-bond acceptors (Lipinski definition) is 6. The van der Waals surface area contributed by atoms with Gasteiger partial charge in [0.15, 0.2) is 0 Å². The fraction of sp³-hybridized carbons (Fsp3) is 0.847. The quantitative estimate of drug-likeness (QED) is 0.0272. The second kappa shape index (κ2) is 50.4. The molecule has 3 atom stereocenters. The third-order valence-corrected chi connectivity index (χ3v) is 14.0. The van der Waals surface area contributed by atoms with Crippen molar-refractivity contribution in [2.75, 3.05) is 40.9 Å². The summed E-state index contributed by atoms with van der Waals surface area (Å²) in [6, 6.07) is -0.897. The summed E-state index contributed by atoms with van der Waals surface area (Å²) < 4.78 is 23.3. The summed E-state index contributed by atoms with van der Waals surface area (Å²) in [6.45, 7) is 4.54. The van der Waals surface area contributed by atoms with E-state index < -0.39 is 20.0 Å². The summed E-state index contributed by atoms with van der Waals surface area (Å²) in [5.74, 6) is -0.213. The van der Waals surface area contributed by atoms with Gasteiger partial charge in [0, 0.05) is 6.42 Å². The van der Waals surface area contributed by atoms with Crippen molar-refractivity contribution in [1.82, 2.24) is 5.32 Å². The summed E-state index contributed by atoms with van der Waals surface area (Å²) in [5.41, 5.74) is 0. The summed E-state index contributed by atoms with van der Waals surface area (Å²) >= 11 is 0. The molecule has 0 saturated heterocycles. The van der Waals surface area contributed by atoms with Crippen LogP contribution in [0, 0.1) is 0 Å². The Morgan fingerprint density at radius 3 is 1.31 bits per heavy atom. The third kappa shape index (κ3) is 52.3. The molecule has 9 heteroatoms. The number of amides is 1. The highest BCUT2D eigenvalue weighted by atomic mass is 31.2. The SMILES string of the molecule is CC/C=C\C/C=C\C/C=C\CCCCCCCC(=O)NC(COP(=O)([O-])OCC[N+](C)(C)C)C(O)/C=C/CCCCCCCCCCCCCCCCCCCCCCCCCCCCCCC. The van der Waals surface area contributed by atoms with Gasteiger partial charge in [-0.25, -0.2) is 0 Å². The molecule has 0 bridgehead atoms. The van der Waals surface area contributed by atoms with Crippen LogP contribution in [-0.2, 0) is 18.4 Å². The average Bonchev–Trinajstić information content (AvgIpc) is 3.30. The number of allylic oxidation sites excluding steroid dienone is 7. The lowest BCUT2D eigenvalue weighted by Crippen LogP contribution is -2.45. The number of unbranched alkanes of at least 4 members (excludes halogenated alkanes) is 34. The standard InChI is InChI=1S/C59H113N2O6P/c1-6-8-10-12-14-16-18-20-22-23-24-25-26-27-28-29-30-31-32-33-34-35-36-37-39-40-42-44-46-48-50-52-58(62)57(56-67-68(64,65)66-55-54-61(3,4)5)60-59(63)53-51-49-47-45-43-41-38-21-19-17-15-13-11-9-7-2/h9,11,15,17,21,38,50,52,57-58,62H,6-8,10,12-14,16,18-20,22-37,39-49,51,53-56H2,1-5H3,(H-,60,63,64,65)/b11-9-,17-15-,38-21-,52-50+. The summed E-state index contributed by atoms with van der Waals surface area (Å²) in [6.07, 6.45) is 66.4. The van der Waals surface area contributed by atoms with E-state index in [1.54, 1.807) is 6.08 Å². The zero-order chi connectivity index (χ0) is 49.9. The van der Waals surface area contributed by atoms with Crippen molar-refractivity contribution >= 4 is 13.7 Å². The van der Waals surface area contributed by atoms with Crippen LogP contribution in [0.1, 0.15) is 271 Å². The van der Waals surface area contributed by atoms with Gasteiger partial charge in [0.1, 0.15) is 13.2 Å². The Bertz CT molecular complexity index is 1250. The van der Waals surface area contributed by atoms with Crippen molar-refractivity contribution in [1.29, 1.82) is 0 Å². The van der Waals surface area contributed by atoms with Crippen LogP contribution in [-0.4, -0.2) is 68.5 Å². The Hall–Kier alpha value is -1.54. The monoisotopic (exact) mass is 977 g/mol. The Labute approximate surface area is 422 Å². The van der Waals surface area contributed by atoms with Gasteiger partial charge in [-0.2, -0.15) is 0 Å². The summed E-state index contributed by atoms with van der Waals surface area (Å²) in [5, 5.41) is 13.9. The van der Waals surface area contributed by atoms with Gasteiger partial charge in [-0.1, -0.05) is 262 Å². The molecular formula is C59H113N2O6P. The minimum Gasteiger partial charge on any atom is -0.756 e. The first-order valence-electron chi connectivity index (χ1n) is 29.0. The highest BCUT2D eigenvalue weighted by molar-refractivity contribution is 7.45. The molecule has 0 aromatic heterocycles. The molecule has 0 saturated carbocycles. The van der Waals surface area contributed by atoms with Crippen LogP contribution in [0.25, 0.3) is 0 Å². The lowest BCUT2D eigenvalue weighted by atomic mass is 10.0. The molecule has 0 fully saturated rings. The van der Waals surface area contributed by atoms with Gasteiger partial charge in [-0.05, 0) is 51.4 Å². The maximum atomic E-state index is 12.9. The van der Waals surface area contributed by atoms with Crippen molar-refractivity contribution in [3.05, 3.63) is 48.6 Å². The predicted octanol–water partition coefficient (Wildman–Crippen LogP) is 16.9. The molecule has 3 unspecified atom stereocenters. The van der Waals surface area contributed by atoms with E-state index in [2.05, 4.69) is 55.6 Å². The van der Waals surface area contributed by atoms with Crippen LogP contribution in [0.15, 0.2) is 48.6 Å². The van der Waals surface area contributed by atoms with Gasteiger partial charge in [0.05, 0.1) is 39.9 Å². The molecule has 0 aliphatic rings. The number of quaternary nitrogens is 1. The molecule has 8 nitrogen and oxygen atoms in total. The second-order valence-electron chi connectivity index (χ2n) is 21.0. The largest absolute Gasteiger partial charge is 0.756 e. The zero-order valence-corrected chi connectivity index (χ0v) is 46.5. The molecule has 0 spiro atoms. The van der Waals surface area contributed by atoms with E-state index in [0.717, 1.165) is 77.0 Å². The van der Waals surface area contributed by atoms with Crippen molar-refractivity contribution in [2.45, 2.75) is 283 Å². The molecule has 0 heterocycles. The number of likely N-dealkylation sites (N-methyl/N-ethyl adjacent to an activating group) is 1. The first kappa shape index (κ1) is 66.5. The van der Waals surface area contributed by atoms with Crippen LogP contribution in [0.2, 0.25) is 0 Å². The molecule has 0 aliphatic heterocycles. The van der Waals surface area contributed by atoms with Crippen molar-refractivity contribution in [3.8, 4) is 0 Å². The van der Waals surface area contributed by atoms with E-state index in [0.29, 0.717) is 17.4 Å². The Kier molecular flexibility index (Phi) is 49.3. The average molecular weight is 978 g/mol. The molecule has 2 N–H and O–H groups in total. The number of hydrogen-bond donors (Lipinski definition) is 2. The predicted molar refractivity (Wildman–Crippen MR) is 293 cm³/mol. The Morgan fingerprint density at radius 2 is 0.897 bits per heavy atom. The van der Waals surface area contributed by atoms with Gasteiger partial charge in [0.2, 0.25) is 5.91 Å². The number of aliphatic hydroxyl groups is 1. The van der Waals surface area contributed by atoms with Crippen LogP contribution in [0.3, 0.4) is 0 Å². The molecule has 0 aliphatic carbocycles. The van der Waals surface area contributed by atoms with E-state index in [9.17, 15) is 19.4 Å². The molecule has 0 radical (unpaired) electrons. The topological polar surface area (TPSA) is 108 Å². The Balaban J connectivity index is 4.10. The first-order chi connectivity index (χ1) is 33.0. The second-order valence-corrected chi connectivity index (χ2v) is 22.4. The first-order valence-corrected chi connectivity index (χ1v) is 30.5. The lowest BCUT2D eigenvalue weighted by Gasteiger charge is -2.29. The number of carbonyl (C=O) groups excluding carboxylic acids is 1. The molecule has 1 amide bonds.